The molecule has 1 atom stereocenters. The van der Waals surface area contributed by atoms with Gasteiger partial charge in [0, 0.05) is 0 Å². The molecule has 0 amide bonds. The van der Waals surface area contributed by atoms with Crippen LogP contribution in [0.15, 0.2) is 60.7 Å². The van der Waals surface area contributed by atoms with Crippen LogP contribution in [0.5, 0.6) is 0 Å². The second kappa shape index (κ2) is 6.97. The summed E-state index contributed by atoms with van der Waals surface area (Å²) in [6, 6.07) is 20.9. The van der Waals surface area contributed by atoms with E-state index in [1.807, 2.05) is 18.2 Å². The van der Waals surface area contributed by atoms with Gasteiger partial charge in [-0.05, 0) is 30.9 Å². The van der Waals surface area contributed by atoms with Crippen molar-refractivity contribution in [3.8, 4) is 0 Å². The third kappa shape index (κ3) is 4.34. The SMILES string of the molecule is CC(CCc1ccccc1)OCc1ccccc1. The molecule has 18 heavy (non-hydrogen) atoms. The Balaban J connectivity index is 1.71. The van der Waals surface area contributed by atoms with Crippen molar-refractivity contribution in [2.24, 2.45) is 0 Å². The van der Waals surface area contributed by atoms with Crippen LogP contribution in [-0.4, -0.2) is 6.10 Å². The number of benzene rings is 2. The summed E-state index contributed by atoms with van der Waals surface area (Å²) in [5, 5.41) is 0. The predicted octanol–water partition coefficient (Wildman–Crippen LogP) is 4.22. The minimum atomic E-state index is 0.297. The lowest BCUT2D eigenvalue weighted by Crippen LogP contribution is -2.09. The minimum absolute atomic E-state index is 0.297. The van der Waals surface area contributed by atoms with Gasteiger partial charge in [0.15, 0.2) is 0 Å². The first-order valence-electron chi connectivity index (χ1n) is 6.54. The van der Waals surface area contributed by atoms with Crippen molar-refractivity contribution in [3.63, 3.8) is 0 Å². The van der Waals surface area contributed by atoms with E-state index < -0.39 is 0 Å². The van der Waals surface area contributed by atoms with Gasteiger partial charge in [0.25, 0.3) is 0 Å². The van der Waals surface area contributed by atoms with Crippen LogP contribution >= 0.6 is 0 Å². The molecule has 94 valence electrons. The Morgan fingerprint density at radius 1 is 0.833 bits per heavy atom. The molecule has 2 aromatic rings. The fraction of sp³-hybridized carbons (Fsp3) is 0.294. The van der Waals surface area contributed by atoms with Crippen LogP contribution in [0.2, 0.25) is 0 Å². The van der Waals surface area contributed by atoms with Gasteiger partial charge >= 0.3 is 0 Å². The lowest BCUT2D eigenvalue weighted by Gasteiger charge is -2.13. The van der Waals surface area contributed by atoms with Crippen molar-refractivity contribution < 1.29 is 4.74 Å². The van der Waals surface area contributed by atoms with Crippen LogP contribution in [0.1, 0.15) is 24.5 Å². The Kier molecular flexibility index (Phi) is 4.98. The maximum atomic E-state index is 5.85. The summed E-state index contributed by atoms with van der Waals surface area (Å²) in [4.78, 5) is 0. The molecule has 2 rings (SSSR count). The van der Waals surface area contributed by atoms with Gasteiger partial charge in [-0.25, -0.2) is 0 Å². The van der Waals surface area contributed by atoms with Gasteiger partial charge in [-0.15, -0.1) is 0 Å². The first kappa shape index (κ1) is 12.8. The van der Waals surface area contributed by atoms with E-state index in [0.29, 0.717) is 12.7 Å². The third-order valence-electron chi connectivity index (χ3n) is 3.06. The van der Waals surface area contributed by atoms with E-state index in [-0.39, 0.29) is 0 Å². The monoisotopic (exact) mass is 240 g/mol. The molecule has 0 fully saturated rings. The number of hydrogen-bond acceptors (Lipinski definition) is 1. The van der Waals surface area contributed by atoms with Gasteiger partial charge in [-0.3, -0.25) is 0 Å². The highest BCUT2D eigenvalue weighted by Gasteiger charge is 2.03. The zero-order valence-corrected chi connectivity index (χ0v) is 10.9. The molecule has 0 spiro atoms. The molecule has 0 heterocycles. The van der Waals surface area contributed by atoms with E-state index >= 15 is 0 Å². The molecule has 0 radical (unpaired) electrons. The topological polar surface area (TPSA) is 9.23 Å². The highest BCUT2D eigenvalue weighted by Crippen LogP contribution is 2.09. The number of rotatable bonds is 6. The van der Waals surface area contributed by atoms with Gasteiger partial charge in [-0.2, -0.15) is 0 Å². The Hall–Kier alpha value is -1.60. The van der Waals surface area contributed by atoms with Crippen LogP contribution in [0.25, 0.3) is 0 Å². The number of ether oxygens (including phenoxy) is 1. The quantitative estimate of drug-likeness (QED) is 0.734. The molecule has 0 aliphatic heterocycles. The van der Waals surface area contributed by atoms with E-state index in [9.17, 15) is 0 Å². The number of aryl methyl sites for hydroxylation is 1. The molecule has 0 aliphatic carbocycles. The summed E-state index contributed by atoms with van der Waals surface area (Å²) in [7, 11) is 0. The lowest BCUT2D eigenvalue weighted by molar-refractivity contribution is 0.0478. The molecule has 0 N–H and O–H groups in total. The molecule has 1 nitrogen and oxygen atoms in total. The zero-order valence-electron chi connectivity index (χ0n) is 10.9. The molecule has 2 aromatic carbocycles. The molecule has 0 saturated carbocycles. The second-order valence-corrected chi connectivity index (χ2v) is 4.63. The fourth-order valence-electron chi connectivity index (χ4n) is 1.91. The van der Waals surface area contributed by atoms with E-state index in [4.69, 9.17) is 4.74 Å². The smallest absolute Gasteiger partial charge is 0.0720 e. The van der Waals surface area contributed by atoms with Crippen molar-refractivity contribution in [1.29, 1.82) is 0 Å². The standard InChI is InChI=1S/C17H20O/c1-15(12-13-16-8-4-2-5-9-16)18-14-17-10-6-3-7-11-17/h2-11,15H,12-14H2,1H3. The Morgan fingerprint density at radius 2 is 1.39 bits per heavy atom. The second-order valence-electron chi connectivity index (χ2n) is 4.63. The maximum Gasteiger partial charge on any atom is 0.0720 e. The highest BCUT2D eigenvalue weighted by atomic mass is 16.5. The van der Waals surface area contributed by atoms with Gasteiger partial charge < -0.3 is 4.74 Å². The molecule has 0 saturated heterocycles. The third-order valence-corrected chi connectivity index (χ3v) is 3.06. The van der Waals surface area contributed by atoms with Crippen molar-refractivity contribution in [2.75, 3.05) is 0 Å². The van der Waals surface area contributed by atoms with Crippen molar-refractivity contribution in [1.82, 2.24) is 0 Å². The van der Waals surface area contributed by atoms with E-state index in [0.717, 1.165) is 12.8 Å². The van der Waals surface area contributed by atoms with Crippen molar-refractivity contribution in [2.45, 2.75) is 32.5 Å². The number of hydrogen-bond donors (Lipinski definition) is 0. The lowest BCUT2D eigenvalue weighted by atomic mass is 10.1. The average Bonchev–Trinajstić information content (AvgIpc) is 2.45. The van der Waals surface area contributed by atoms with Gasteiger partial charge in [-0.1, -0.05) is 60.7 Å². The molecule has 0 aromatic heterocycles. The predicted molar refractivity (Wildman–Crippen MR) is 75.5 cm³/mol. The summed E-state index contributed by atoms with van der Waals surface area (Å²) in [5.41, 5.74) is 2.62. The van der Waals surface area contributed by atoms with Crippen LogP contribution < -0.4 is 0 Å². The minimum Gasteiger partial charge on any atom is -0.374 e. The molecular formula is C17H20O. The summed E-state index contributed by atoms with van der Waals surface area (Å²) in [6.45, 7) is 2.85. The highest BCUT2D eigenvalue weighted by molar-refractivity contribution is 5.15. The Labute approximate surface area is 109 Å². The average molecular weight is 240 g/mol. The Bertz CT molecular complexity index is 392. The Morgan fingerprint density at radius 3 is 2.00 bits per heavy atom. The van der Waals surface area contributed by atoms with E-state index in [2.05, 4.69) is 49.4 Å². The van der Waals surface area contributed by atoms with Crippen LogP contribution in [-0.2, 0) is 17.8 Å². The first-order chi connectivity index (χ1) is 8.84. The van der Waals surface area contributed by atoms with Gasteiger partial charge in [0.05, 0.1) is 12.7 Å². The van der Waals surface area contributed by atoms with Gasteiger partial charge in [0.1, 0.15) is 0 Å². The molecular weight excluding hydrogens is 220 g/mol. The summed E-state index contributed by atoms with van der Waals surface area (Å²) in [5.74, 6) is 0. The van der Waals surface area contributed by atoms with Crippen LogP contribution in [0, 0.1) is 0 Å². The van der Waals surface area contributed by atoms with Crippen LogP contribution in [0.3, 0.4) is 0 Å². The van der Waals surface area contributed by atoms with Crippen molar-refractivity contribution in [3.05, 3.63) is 71.8 Å². The summed E-state index contributed by atoms with van der Waals surface area (Å²) < 4.78 is 5.85. The fourth-order valence-corrected chi connectivity index (χ4v) is 1.91. The van der Waals surface area contributed by atoms with E-state index in [1.54, 1.807) is 0 Å². The molecule has 1 heteroatoms. The van der Waals surface area contributed by atoms with Crippen molar-refractivity contribution >= 4 is 0 Å². The first-order valence-corrected chi connectivity index (χ1v) is 6.54. The largest absolute Gasteiger partial charge is 0.374 e. The van der Waals surface area contributed by atoms with Gasteiger partial charge in [0.2, 0.25) is 0 Å². The summed E-state index contributed by atoms with van der Waals surface area (Å²) in [6.07, 6.45) is 2.44. The molecule has 1 unspecified atom stereocenters. The molecule has 0 bridgehead atoms. The van der Waals surface area contributed by atoms with E-state index in [1.165, 1.54) is 11.1 Å². The zero-order chi connectivity index (χ0) is 12.6. The summed E-state index contributed by atoms with van der Waals surface area (Å²) >= 11 is 0. The van der Waals surface area contributed by atoms with Crippen LogP contribution in [0.4, 0.5) is 0 Å². The molecule has 0 aliphatic rings. The maximum absolute atomic E-state index is 5.85. The normalized spacial score (nSPS) is 12.3.